The van der Waals surface area contributed by atoms with E-state index in [4.69, 9.17) is 18.9 Å². The average molecular weight is 638 g/mol. The molecule has 0 aromatic rings. The van der Waals surface area contributed by atoms with E-state index < -0.39 is 72.7 Å². The molecule has 0 aromatic carbocycles. The molecule has 2 rings (SSSR count). The van der Waals surface area contributed by atoms with Gasteiger partial charge in [0.2, 0.25) is 0 Å². The van der Waals surface area contributed by atoms with E-state index in [-0.39, 0.29) is 37.6 Å². The molecule has 2 heterocycles. The maximum atomic E-state index is 13.3. The molecular formula is C34H55NO10. The van der Waals surface area contributed by atoms with Crippen molar-refractivity contribution in [3.63, 3.8) is 0 Å². The number of likely N-dealkylation sites (N-methyl/N-ethyl adjacent to an activating group) is 1. The summed E-state index contributed by atoms with van der Waals surface area (Å²) in [5.41, 5.74) is 0.791. The molecule has 12 atom stereocenters. The van der Waals surface area contributed by atoms with Gasteiger partial charge in [-0.2, -0.15) is 0 Å². The summed E-state index contributed by atoms with van der Waals surface area (Å²) in [5, 5.41) is 33.2. The minimum absolute atomic E-state index is 0.00877. The van der Waals surface area contributed by atoms with Crippen molar-refractivity contribution in [2.24, 2.45) is 23.7 Å². The monoisotopic (exact) mass is 637 g/mol. The molecule has 256 valence electrons. The third-order valence-corrected chi connectivity index (χ3v) is 8.90. The van der Waals surface area contributed by atoms with E-state index in [9.17, 15) is 29.7 Å². The van der Waals surface area contributed by atoms with Crippen LogP contribution in [0.5, 0.6) is 0 Å². The van der Waals surface area contributed by atoms with Crippen LogP contribution in [-0.4, -0.2) is 115 Å². The van der Waals surface area contributed by atoms with E-state index in [0.29, 0.717) is 13.0 Å². The summed E-state index contributed by atoms with van der Waals surface area (Å²) in [6.45, 7) is 13.1. The van der Waals surface area contributed by atoms with Crippen molar-refractivity contribution in [1.29, 1.82) is 0 Å². The van der Waals surface area contributed by atoms with Gasteiger partial charge in [-0.25, -0.2) is 0 Å². The van der Waals surface area contributed by atoms with Crippen molar-refractivity contribution in [2.75, 3.05) is 27.3 Å². The molecule has 0 aliphatic carbocycles. The summed E-state index contributed by atoms with van der Waals surface area (Å²) < 4.78 is 23.8. The van der Waals surface area contributed by atoms with Crippen molar-refractivity contribution >= 4 is 18.0 Å². The van der Waals surface area contributed by atoms with Crippen LogP contribution in [0.2, 0.25) is 0 Å². The van der Waals surface area contributed by atoms with Gasteiger partial charge in [0.05, 0.1) is 50.1 Å². The van der Waals surface area contributed by atoms with Crippen molar-refractivity contribution in [1.82, 2.24) is 4.90 Å². The molecule has 0 unspecified atom stereocenters. The van der Waals surface area contributed by atoms with Gasteiger partial charge in [-0.15, -0.1) is 6.58 Å². The molecule has 0 bridgehead atoms. The highest BCUT2D eigenvalue weighted by atomic mass is 16.7. The normalized spacial score (nSPS) is 39.5. The summed E-state index contributed by atoms with van der Waals surface area (Å²) in [6, 6.07) is -0.707. The predicted octanol–water partition coefficient (Wildman–Crippen LogP) is 2.61. The van der Waals surface area contributed by atoms with Crippen LogP contribution in [-0.2, 0) is 33.3 Å². The number of aliphatic hydroxyl groups excluding tert-OH is 3. The number of hydrogen-bond acceptors (Lipinski definition) is 11. The number of ether oxygens (including phenoxy) is 4. The lowest BCUT2D eigenvalue weighted by atomic mass is 9.79. The minimum atomic E-state index is -1.26. The molecule has 0 aromatic heterocycles. The van der Waals surface area contributed by atoms with Gasteiger partial charge in [0.25, 0.3) is 0 Å². The fraction of sp³-hybridized carbons (Fsp3) is 0.735. The van der Waals surface area contributed by atoms with Crippen LogP contribution >= 0.6 is 0 Å². The quantitative estimate of drug-likeness (QED) is 0.140. The first-order valence-corrected chi connectivity index (χ1v) is 16.0. The van der Waals surface area contributed by atoms with Gasteiger partial charge in [0.15, 0.2) is 12.1 Å². The second-order valence-electron chi connectivity index (χ2n) is 12.7. The minimum Gasteiger partial charge on any atom is -0.462 e. The summed E-state index contributed by atoms with van der Waals surface area (Å²) >= 11 is 0. The zero-order chi connectivity index (χ0) is 33.8. The van der Waals surface area contributed by atoms with Gasteiger partial charge in [-0.05, 0) is 52.8 Å². The average Bonchev–Trinajstić information content (AvgIpc) is 2.98. The van der Waals surface area contributed by atoms with Crippen LogP contribution in [0.1, 0.15) is 60.3 Å². The molecular weight excluding hydrogens is 582 g/mol. The predicted molar refractivity (Wildman–Crippen MR) is 169 cm³/mol. The molecule has 3 N–H and O–H groups in total. The van der Waals surface area contributed by atoms with Crippen molar-refractivity contribution in [2.45, 2.75) is 109 Å². The summed E-state index contributed by atoms with van der Waals surface area (Å²) in [7, 11) is 3.45. The number of hydrogen-bond donors (Lipinski definition) is 3. The Bertz CT molecular complexity index is 1030. The molecule has 45 heavy (non-hydrogen) atoms. The fourth-order valence-electron chi connectivity index (χ4n) is 6.20. The number of carbonyl (C=O) groups is 3. The van der Waals surface area contributed by atoms with Crippen molar-refractivity contribution < 1.29 is 48.7 Å². The Kier molecular flexibility index (Phi) is 16.3. The van der Waals surface area contributed by atoms with Crippen LogP contribution in [0.25, 0.3) is 0 Å². The number of cyclic esters (lactones) is 1. The number of carbonyl (C=O) groups excluding carboxylic acids is 3. The lowest BCUT2D eigenvalue weighted by molar-refractivity contribution is -0.304. The Morgan fingerprint density at radius 2 is 1.80 bits per heavy atom. The maximum Gasteiger partial charge on any atom is 0.308 e. The largest absolute Gasteiger partial charge is 0.462 e. The van der Waals surface area contributed by atoms with Gasteiger partial charge in [0.1, 0.15) is 18.5 Å². The van der Waals surface area contributed by atoms with E-state index in [1.54, 1.807) is 51.9 Å². The number of allylic oxidation sites excluding steroid dienone is 3. The molecule has 11 heteroatoms. The van der Waals surface area contributed by atoms with Gasteiger partial charge >= 0.3 is 5.97 Å². The Hall–Kier alpha value is -2.25. The number of ketones is 1. The highest BCUT2D eigenvalue weighted by Crippen LogP contribution is 2.34. The van der Waals surface area contributed by atoms with E-state index in [2.05, 4.69) is 6.58 Å². The lowest BCUT2D eigenvalue weighted by Crippen LogP contribution is -2.63. The van der Waals surface area contributed by atoms with Crippen LogP contribution in [0.3, 0.4) is 0 Å². The van der Waals surface area contributed by atoms with Gasteiger partial charge < -0.3 is 44.0 Å². The number of esters is 1. The SMILES string of the molecule is C=CCOC[C@H]1/C=C(C)/C=C/C(=O)[C@H](C)C[C@H](CC=O)[C@H](O[C@@H]2O[C@H](C)[C@@H](O)[C@H](N(C)C)[C@H]2O)[C@@H](C)[C@H](O)CC(=O)O[C@@H]1CC. The van der Waals surface area contributed by atoms with Gasteiger partial charge in [0, 0.05) is 24.2 Å². The lowest BCUT2D eigenvalue weighted by Gasteiger charge is -2.46. The molecule has 0 saturated carbocycles. The maximum absolute atomic E-state index is 13.3. The third kappa shape index (κ3) is 11.2. The Morgan fingerprint density at radius 3 is 2.40 bits per heavy atom. The number of aldehydes is 1. The summed E-state index contributed by atoms with van der Waals surface area (Å²) in [5.74, 6) is -2.86. The molecule has 0 amide bonds. The molecule has 1 fully saturated rings. The zero-order valence-corrected chi connectivity index (χ0v) is 27.9. The highest BCUT2D eigenvalue weighted by Gasteiger charge is 2.47. The van der Waals surface area contributed by atoms with E-state index >= 15 is 0 Å². The molecule has 0 radical (unpaired) electrons. The number of aliphatic hydroxyl groups is 3. The Labute approximate surface area is 268 Å². The first-order valence-electron chi connectivity index (χ1n) is 16.0. The zero-order valence-electron chi connectivity index (χ0n) is 27.9. The van der Waals surface area contributed by atoms with Crippen LogP contribution in [0, 0.1) is 23.7 Å². The molecule has 11 nitrogen and oxygen atoms in total. The van der Waals surface area contributed by atoms with Crippen LogP contribution in [0.15, 0.2) is 36.5 Å². The molecule has 2 aliphatic rings. The smallest absolute Gasteiger partial charge is 0.308 e. The van der Waals surface area contributed by atoms with E-state index in [0.717, 1.165) is 11.9 Å². The molecule has 0 spiro atoms. The molecule has 2 aliphatic heterocycles. The van der Waals surface area contributed by atoms with Crippen LogP contribution in [0.4, 0.5) is 0 Å². The Morgan fingerprint density at radius 1 is 1.11 bits per heavy atom. The third-order valence-electron chi connectivity index (χ3n) is 8.90. The highest BCUT2D eigenvalue weighted by molar-refractivity contribution is 5.91. The second-order valence-corrected chi connectivity index (χ2v) is 12.7. The second kappa shape index (κ2) is 18.8. The first kappa shape index (κ1) is 38.9. The Balaban J connectivity index is 2.51. The number of nitrogens with zero attached hydrogens (tertiary/aromatic N) is 1. The summed E-state index contributed by atoms with van der Waals surface area (Å²) in [6.07, 6.45) is 1.06. The fourth-order valence-corrected chi connectivity index (χ4v) is 6.20. The summed E-state index contributed by atoms with van der Waals surface area (Å²) in [4.78, 5) is 40.0. The van der Waals surface area contributed by atoms with E-state index in [1.165, 1.54) is 6.08 Å². The standard InChI is InChI=1S/C34H55NO10/c1-9-15-42-19-25-16-20(3)11-12-26(37)21(4)17-24(13-14-36)33(22(5)27(38)18-29(39)44-28(25)10-2)45-34-32(41)30(35(7)8)31(40)23(6)43-34/h9,11-12,14,16,21-25,27-28,30-34,38,40-41H,1,10,13,15,17-19H2,2-8H3/b12-11+,20-16+/t21-,22+,23-,24+,25-,27-,28-,30+,31-,32-,33-,34+/m1/s1. The topological polar surface area (TPSA) is 152 Å². The molecule has 1 saturated heterocycles. The van der Waals surface area contributed by atoms with Gasteiger partial charge in [-0.1, -0.05) is 44.6 Å². The first-order chi connectivity index (χ1) is 21.2. The van der Waals surface area contributed by atoms with Crippen molar-refractivity contribution in [3.8, 4) is 0 Å². The van der Waals surface area contributed by atoms with E-state index in [1.807, 2.05) is 19.9 Å². The van der Waals surface area contributed by atoms with Gasteiger partial charge in [-0.3, -0.25) is 9.59 Å². The van der Waals surface area contributed by atoms with Crippen molar-refractivity contribution in [3.05, 3.63) is 36.5 Å². The number of rotatable bonds is 10. The van der Waals surface area contributed by atoms with Crippen LogP contribution < -0.4 is 0 Å².